The second-order valence-electron chi connectivity index (χ2n) is 5.25. The number of fused-ring (bicyclic) bond motifs is 1. The largest absolute Gasteiger partial charge is 0.339 e. The van der Waals surface area contributed by atoms with E-state index in [2.05, 4.69) is 34.3 Å². The number of hydrogen-bond donors (Lipinski definition) is 1. The van der Waals surface area contributed by atoms with Gasteiger partial charge >= 0.3 is 0 Å². The van der Waals surface area contributed by atoms with Gasteiger partial charge in [0.2, 0.25) is 11.7 Å². The number of rotatable bonds is 5. The molecule has 2 aromatic heterocycles. The second kappa shape index (κ2) is 6.01. The lowest BCUT2D eigenvalue weighted by Gasteiger charge is -2.04. The van der Waals surface area contributed by atoms with Crippen molar-refractivity contribution in [2.24, 2.45) is 0 Å². The van der Waals surface area contributed by atoms with Crippen LogP contribution in [0.3, 0.4) is 0 Å². The van der Waals surface area contributed by atoms with E-state index >= 15 is 0 Å². The van der Waals surface area contributed by atoms with Gasteiger partial charge in [0.05, 0.1) is 0 Å². The SMILES string of the molecule is CC(C)NCCc1nc(-c2nccc3ccccc23)no1. The third-order valence-corrected chi connectivity index (χ3v) is 3.24. The first-order valence-corrected chi connectivity index (χ1v) is 7.14. The van der Waals surface area contributed by atoms with E-state index < -0.39 is 0 Å². The van der Waals surface area contributed by atoms with Crippen molar-refractivity contribution < 1.29 is 4.52 Å². The van der Waals surface area contributed by atoms with Crippen molar-refractivity contribution in [1.82, 2.24) is 20.4 Å². The Morgan fingerprint density at radius 2 is 2.05 bits per heavy atom. The van der Waals surface area contributed by atoms with Crippen LogP contribution in [0.2, 0.25) is 0 Å². The van der Waals surface area contributed by atoms with Gasteiger partial charge in [0.15, 0.2) is 0 Å². The Kier molecular flexibility index (Phi) is 3.92. The lowest BCUT2D eigenvalue weighted by atomic mass is 10.1. The van der Waals surface area contributed by atoms with Crippen LogP contribution in [0.4, 0.5) is 0 Å². The fraction of sp³-hybridized carbons (Fsp3) is 0.312. The van der Waals surface area contributed by atoms with Gasteiger partial charge in [-0.2, -0.15) is 4.98 Å². The third-order valence-electron chi connectivity index (χ3n) is 3.24. The molecule has 0 saturated carbocycles. The predicted octanol–water partition coefficient (Wildman–Crippen LogP) is 2.83. The van der Waals surface area contributed by atoms with Crippen LogP contribution in [0.25, 0.3) is 22.3 Å². The van der Waals surface area contributed by atoms with Gasteiger partial charge in [0, 0.05) is 30.6 Å². The van der Waals surface area contributed by atoms with Crippen molar-refractivity contribution in [3.05, 3.63) is 42.4 Å². The molecule has 1 aromatic carbocycles. The lowest BCUT2D eigenvalue weighted by molar-refractivity contribution is 0.374. The van der Waals surface area contributed by atoms with Crippen LogP contribution in [-0.4, -0.2) is 27.7 Å². The van der Waals surface area contributed by atoms with E-state index in [1.807, 2.05) is 30.3 Å². The minimum atomic E-state index is 0.451. The summed E-state index contributed by atoms with van der Waals surface area (Å²) in [5, 5.41) is 9.54. The van der Waals surface area contributed by atoms with Crippen LogP contribution < -0.4 is 5.32 Å². The minimum absolute atomic E-state index is 0.451. The fourth-order valence-electron chi connectivity index (χ4n) is 2.22. The molecule has 3 rings (SSSR count). The van der Waals surface area contributed by atoms with Gasteiger partial charge in [-0.25, -0.2) is 0 Å². The maximum absolute atomic E-state index is 5.31. The van der Waals surface area contributed by atoms with Crippen molar-refractivity contribution in [2.75, 3.05) is 6.54 Å². The molecule has 2 heterocycles. The topological polar surface area (TPSA) is 63.8 Å². The highest BCUT2D eigenvalue weighted by atomic mass is 16.5. The molecule has 0 fully saturated rings. The summed E-state index contributed by atoms with van der Waals surface area (Å²) in [7, 11) is 0. The maximum atomic E-state index is 5.31. The van der Waals surface area contributed by atoms with E-state index in [9.17, 15) is 0 Å². The summed E-state index contributed by atoms with van der Waals surface area (Å²) in [6, 6.07) is 10.5. The molecule has 0 bridgehead atoms. The normalized spacial score (nSPS) is 11.4. The lowest BCUT2D eigenvalue weighted by Crippen LogP contribution is -2.25. The number of hydrogen-bond acceptors (Lipinski definition) is 5. The van der Waals surface area contributed by atoms with E-state index in [4.69, 9.17) is 4.52 Å². The monoisotopic (exact) mass is 282 g/mol. The van der Waals surface area contributed by atoms with E-state index in [0.717, 1.165) is 29.4 Å². The molecule has 0 spiro atoms. The molecule has 0 aliphatic carbocycles. The molecule has 0 aliphatic rings. The molecule has 3 aromatic rings. The quantitative estimate of drug-likeness (QED) is 0.779. The van der Waals surface area contributed by atoms with Crippen molar-refractivity contribution >= 4 is 10.8 Å². The molecule has 5 nitrogen and oxygen atoms in total. The average molecular weight is 282 g/mol. The molecule has 0 unspecified atom stereocenters. The Labute approximate surface area is 123 Å². The van der Waals surface area contributed by atoms with Crippen molar-refractivity contribution in [3.63, 3.8) is 0 Å². The third kappa shape index (κ3) is 3.08. The van der Waals surface area contributed by atoms with Crippen molar-refractivity contribution in [2.45, 2.75) is 26.3 Å². The highest BCUT2D eigenvalue weighted by Gasteiger charge is 2.12. The standard InChI is InChI=1S/C16H18N4O/c1-11(2)17-10-8-14-19-16(20-21-14)15-13-6-4-3-5-12(13)7-9-18-15/h3-7,9,11,17H,8,10H2,1-2H3. The minimum Gasteiger partial charge on any atom is -0.339 e. The summed E-state index contributed by atoms with van der Waals surface area (Å²) in [6.07, 6.45) is 2.49. The molecule has 0 radical (unpaired) electrons. The molecule has 108 valence electrons. The molecule has 0 amide bonds. The number of nitrogens with one attached hydrogen (secondary N) is 1. The van der Waals surface area contributed by atoms with Crippen LogP contribution >= 0.6 is 0 Å². The predicted molar refractivity (Wildman–Crippen MR) is 81.9 cm³/mol. The Bertz CT molecular complexity index is 730. The van der Waals surface area contributed by atoms with E-state index in [1.165, 1.54) is 0 Å². The Hall–Kier alpha value is -2.27. The van der Waals surface area contributed by atoms with Gasteiger partial charge in [-0.15, -0.1) is 0 Å². The molecule has 0 saturated heterocycles. The van der Waals surface area contributed by atoms with E-state index in [1.54, 1.807) is 6.20 Å². The number of pyridine rings is 1. The molecule has 1 N–H and O–H groups in total. The summed E-state index contributed by atoms with van der Waals surface area (Å²) < 4.78 is 5.31. The van der Waals surface area contributed by atoms with Crippen LogP contribution in [0.1, 0.15) is 19.7 Å². The first kappa shape index (κ1) is 13.7. The number of aromatic nitrogens is 3. The molecule has 5 heteroatoms. The van der Waals surface area contributed by atoms with Crippen molar-refractivity contribution in [1.29, 1.82) is 0 Å². The van der Waals surface area contributed by atoms with Crippen LogP contribution in [-0.2, 0) is 6.42 Å². The van der Waals surface area contributed by atoms with Crippen LogP contribution in [0.15, 0.2) is 41.1 Å². The maximum Gasteiger partial charge on any atom is 0.228 e. The highest BCUT2D eigenvalue weighted by molar-refractivity contribution is 5.92. The second-order valence-corrected chi connectivity index (χ2v) is 5.25. The summed E-state index contributed by atoms with van der Waals surface area (Å²) in [5.74, 6) is 1.18. The Morgan fingerprint density at radius 1 is 1.19 bits per heavy atom. The van der Waals surface area contributed by atoms with Gasteiger partial charge in [-0.1, -0.05) is 43.3 Å². The molecule has 21 heavy (non-hydrogen) atoms. The van der Waals surface area contributed by atoms with Gasteiger partial charge in [-0.3, -0.25) is 4.98 Å². The van der Waals surface area contributed by atoms with Gasteiger partial charge in [-0.05, 0) is 11.5 Å². The summed E-state index contributed by atoms with van der Waals surface area (Å²) >= 11 is 0. The van der Waals surface area contributed by atoms with Gasteiger partial charge in [0.25, 0.3) is 0 Å². The molecule has 0 aliphatic heterocycles. The zero-order chi connectivity index (χ0) is 14.7. The first-order chi connectivity index (χ1) is 10.2. The molecular weight excluding hydrogens is 264 g/mol. The number of benzene rings is 1. The first-order valence-electron chi connectivity index (χ1n) is 7.14. The zero-order valence-electron chi connectivity index (χ0n) is 12.2. The van der Waals surface area contributed by atoms with Crippen molar-refractivity contribution in [3.8, 4) is 11.5 Å². The van der Waals surface area contributed by atoms with Crippen LogP contribution in [0, 0.1) is 0 Å². The molecule has 0 atom stereocenters. The van der Waals surface area contributed by atoms with E-state index in [-0.39, 0.29) is 0 Å². The summed E-state index contributed by atoms with van der Waals surface area (Å²) in [6.45, 7) is 5.04. The van der Waals surface area contributed by atoms with Gasteiger partial charge < -0.3 is 9.84 Å². The highest BCUT2D eigenvalue weighted by Crippen LogP contribution is 2.23. The Balaban J connectivity index is 1.85. The van der Waals surface area contributed by atoms with Crippen LogP contribution in [0.5, 0.6) is 0 Å². The average Bonchev–Trinajstić information content (AvgIpc) is 2.95. The molecular formula is C16H18N4O. The summed E-state index contributed by atoms with van der Waals surface area (Å²) in [5.41, 5.74) is 0.764. The fourth-order valence-corrected chi connectivity index (χ4v) is 2.22. The van der Waals surface area contributed by atoms with Gasteiger partial charge in [0.1, 0.15) is 5.69 Å². The summed E-state index contributed by atoms with van der Waals surface area (Å²) in [4.78, 5) is 8.85. The number of nitrogens with zero attached hydrogens (tertiary/aromatic N) is 3. The Morgan fingerprint density at radius 3 is 2.90 bits per heavy atom. The zero-order valence-corrected chi connectivity index (χ0v) is 12.2. The smallest absolute Gasteiger partial charge is 0.228 e. The van der Waals surface area contributed by atoms with E-state index in [0.29, 0.717) is 17.8 Å².